The summed E-state index contributed by atoms with van der Waals surface area (Å²) in [7, 11) is 0. The van der Waals surface area contributed by atoms with Crippen LogP contribution in [0.1, 0.15) is 242 Å². The zero-order valence-corrected chi connectivity index (χ0v) is 48.0. The van der Waals surface area contributed by atoms with Crippen LogP contribution < -0.4 is 5.32 Å². The maximum atomic E-state index is 14.4. The fourth-order valence-electron chi connectivity index (χ4n) is 9.34. The number of rotatable bonds is 44. The van der Waals surface area contributed by atoms with Crippen molar-refractivity contribution in [1.82, 2.24) is 5.32 Å². The van der Waals surface area contributed by atoms with Gasteiger partial charge < -0.3 is 47.9 Å². The van der Waals surface area contributed by atoms with Crippen molar-refractivity contribution < 1.29 is 81.0 Å². The van der Waals surface area contributed by atoms with Crippen molar-refractivity contribution in [1.29, 1.82) is 0 Å². The number of carbonyl (C=O) groups excluding carboxylic acids is 8. The molecule has 9 atom stereocenters. The van der Waals surface area contributed by atoms with Crippen LogP contribution in [0.2, 0.25) is 0 Å². The van der Waals surface area contributed by atoms with Gasteiger partial charge in [-0.25, -0.2) is 0 Å². The van der Waals surface area contributed by atoms with Crippen LogP contribution in [-0.4, -0.2) is 116 Å². The molecule has 1 heterocycles. The first-order chi connectivity index (χ1) is 36.4. The zero-order valence-electron chi connectivity index (χ0n) is 48.0. The Hall–Kier alpha value is -4.58. The molecule has 0 saturated carbocycles. The van der Waals surface area contributed by atoms with E-state index >= 15 is 0 Å². The molecule has 18 heteroatoms. The number of hydrogen-bond acceptors (Lipinski definition) is 17. The minimum atomic E-state index is -1.68. The molecule has 0 aromatic heterocycles. The van der Waals surface area contributed by atoms with Gasteiger partial charge in [-0.3, -0.25) is 38.4 Å². The summed E-state index contributed by atoms with van der Waals surface area (Å²) in [5.74, 6) is -6.20. The molecular formula is C58H99NO17. The summed E-state index contributed by atoms with van der Waals surface area (Å²) >= 11 is 0. The Balaban J connectivity index is 3.47. The average molecular weight is 1080 g/mol. The van der Waals surface area contributed by atoms with Crippen molar-refractivity contribution in [2.24, 2.45) is 0 Å². The SMILES string of the molecule is CCCCCCCCC/C=C\CCC[C@@H](OC(C)=O)[C@@H](OC(C)=O)[C@H](CO[C@@H]1O[C@H](COC(C)=O)[C@@H](OC(C)=O)[C@H](OC(C)=O)[C@H]1OC(C)=O)NC(=O)[C@@H](CCCCCCCCCCCCCCCCCC)OC(C)=O. The molecule has 438 valence electrons. The molecule has 1 N–H and O–H groups in total. The Kier molecular flexibility index (Phi) is 39.7. The molecule has 1 saturated heterocycles. The molecule has 1 rings (SSSR count). The van der Waals surface area contributed by atoms with Crippen LogP contribution in [-0.2, 0) is 81.0 Å². The van der Waals surface area contributed by atoms with E-state index in [-0.39, 0.29) is 12.8 Å². The van der Waals surface area contributed by atoms with Gasteiger partial charge in [0.25, 0.3) is 5.91 Å². The van der Waals surface area contributed by atoms with Crippen LogP contribution in [0.25, 0.3) is 0 Å². The third-order valence-corrected chi connectivity index (χ3v) is 13.0. The summed E-state index contributed by atoms with van der Waals surface area (Å²) in [4.78, 5) is 102. The van der Waals surface area contributed by atoms with E-state index in [0.717, 1.165) is 79.6 Å². The number of allylic oxidation sites excluding steroid dienone is 2. The molecule has 0 bridgehead atoms. The van der Waals surface area contributed by atoms with E-state index in [4.69, 9.17) is 42.6 Å². The highest BCUT2D eigenvalue weighted by Crippen LogP contribution is 2.31. The Morgan fingerprint density at radius 3 is 1.36 bits per heavy atom. The number of amides is 1. The van der Waals surface area contributed by atoms with Crippen LogP contribution in [0, 0.1) is 0 Å². The second-order valence-electron chi connectivity index (χ2n) is 20.2. The minimum Gasteiger partial charge on any atom is -0.463 e. The van der Waals surface area contributed by atoms with Crippen LogP contribution >= 0.6 is 0 Å². The molecule has 0 radical (unpaired) electrons. The Labute approximate surface area is 455 Å². The third-order valence-electron chi connectivity index (χ3n) is 13.0. The zero-order chi connectivity index (χ0) is 56.5. The summed E-state index contributed by atoms with van der Waals surface area (Å²) < 4.78 is 51.7. The van der Waals surface area contributed by atoms with E-state index in [1.807, 2.05) is 0 Å². The first-order valence-corrected chi connectivity index (χ1v) is 28.8. The monoisotopic (exact) mass is 1080 g/mol. The Morgan fingerprint density at radius 1 is 0.461 bits per heavy atom. The highest BCUT2D eigenvalue weighted by atomic mass is 16.7. The third kappa shape index (κ3) is 34.2. The van der Waals surface area contributed by atoms with E-state index in [9.17, 15) is 38.4 Å². The van der Waals surface area contributed by atoms with Gasteiger partial charge in [0.05, 0.1) is 12.6 Å². The first-order valence-electron chi connectivity index (χ1n) is 28.8. The lowest BCUT2D eigenvalue weighted by atomic mass is 9.97. The Morgan fingerprint density at radius 2 is 0.895 bits per heavy atom. The molecule has 0 aromatic carbocycles. The van der Waals surface area contributed by atoms with Gasteiger partial charge >= 0.3 is 41.8 Å². The van der Waals surface area contributed by atoms with Gasteiger partial charge in [0.1, 0.15) is 18.8 Å². The van der Waals surface area contributed by atoms with Crippen molar-refractivity contribution in [3.63, 3.8) is 0 Å². The Bertz CT molecular complexity index is 1690. The largest absolute Gasteiger partial charge is 0.463 e. The summed E-state index contributed by atoms with van der Waals surface area (Å²) in [5.41, 5.74) is 0. The van der Waals surface area contributed by atoms with Crippen molar-refractivity contribution in [3.05, 3.63) is 12.2 Å². The van der Waals surface area contributed by atoms with Gasteiger partial charge in [-0.2, -0.15) is 0 Å². The topological polar surface area (TPSA) is 232 Å². The molecule has 0 spiro atoms. The molecule has 1 aliphatic heterocycles. The maximum Gasteiger partial charge on any atom is 0.303 e. The average Bonchev–Trinajstić information content (AvgIpc) is 3.34. The lowest BCUT2D eigenvalue weighted by Gasteiger charge is -2.44. The van der Waals surface area contributed by atoms with Gasteiger partial charge in [0.2, 0.25) is 0 Å². The minimum absolute atomic E-state index is 0.175. The molecule has 0 aliphatic carbocycles. The van der Waals surface area contributed by atoms with Crippen molar-refractivity contribution >= 4 is 47.7 Å². The standard InChI is InChI=1S/C58H99NO17/c1-10-12-14-16-18-20-22-24-25-26-27-29-31-33-35-37-39-51(71-44(5)62)57(67)59-49(53(72-45(6)63)50(70-43(4)61)38-36-34-32-30-28-23-21-19-17-15-13-11-2)40-69-58-56(75-48(9)66)55(74-47(8)65)54(73-46(7)64)52(76-58)41-68-42(3)60/h30,32,49-56,58H,10-29,31,33-41H2,1-9H3,(H,59,67)/b32-30-/t49-,50+,51+,52+,53-,54+,55-,56+,58+/m0/s1. The van der Waals surface area contributed by atoms with Crippen LogP contribution in [0.3, 0.4) is 0 Å². The number of hydrogen-bond donors (Lipinski definition) is 1. The summed E-state index contributed by atoms with van der Waals surface area (Å²) in [5, 5.41) is 2.85. The van der Waals surface area contributed by atoms with Gasteiger partial charge in [-0.05, 0) is 44.9 Å². The molecule has 1 fully saturated rings. The molecule has 1 aliphatic rings. The molecule has 1 amide bonds. The van der Waals surface area contributed by atoms with Crippen LogP contribution in [0.5, 0.6) is 0 Å². The predicted octanol–water partition coefficient (Wildman–Crippen LogP) is 10.9. The van der Waals surface area contributed by atoms with Crippen molar-refractivity contribution in [2.75, 3.05) is 13.2 Å². The molecule has 0 unspecified atom stereocenters. The highest BCUT2D eigenvalue weighted by molar-refractivity contribution is 5.83. The lowest BCUT2D eigenvalue weighted by Crippen LogP contribution is -2.63. The fraction of sp³-hybridized carbons (Fsp3) is 0.828. The van der Waals surface area contributed by atoms with E-state index in [0.29, 0.717) is 19.3 Å². The van der Waals surface area contributed by atoms with E-state index in [1.54, 1.807) is 0 Å². The maximum absolute atomic E-state index is 14.4. The van der Waals surface area contributed by atoms with Gasteiger partial charge in [-0.1, -0.05) is 161 Å². The number of nitrogens with one attached hydrogen (secondary N) is 1. The normalized spacial score (nSPS) is 18.9. The second-order valence-corrected chi connectivity index (χ2v) is 20.2. The van der Waals surface area contributed by atoms with Crippen LogP contribution in [0.15, 0.2) is 12.2 Å². The smallest absolute Gasteiger partial charge is 0.303 e. The van der Waals surface area contributed by atoms with Gasteiger partial charge in [-0.15, -0.1) is 0 Å². The number of esters is 7. The van der Waals surface area contributed by atoms with Crippen molar-refractivity contribution in [3.8, 4) is 0 Å². The summed E-state index contributed by atoms with van der Waals surface area (Å²) in [6.45, 7) is 11.2. The summed E-state index contributed by atoms with van der Waals surface area (Å²) in [6.07, 6.45) is 21.9. The summed E-state index contributed by atoms with van der Waals surface area (Å²) in [6, 6.07) is -1.37. The van der Waals surface area contributed by atoms with Gasteiger partial charge in [0, 0.05) is 48.5 Å². The molecular weight excluding hydrogens is 983 g/mol. The number of unbranched alkanes of at least 4 members (excludes halogenated alkanes) is 23. The van der Waals surface area contributed by atoms with Crippen molar-refractivity contribution in [2.45, 2.75) is 297 Å². The molecule has 0 aromatic rings. The number of carbonyl (C=O) groups is 8. The molecule has 76 heavy (non-hydrogen) atoms. The lowest BCUT2D eigenvalue weighted by molar-refractivity contribution is -0.310. The van der Waals surface area contributed by atoms with Crippen LogP contribution in [0.4, 0.5) is 0 Å². The van der Waals surface area contributed by atoms with E-state index in [1.165, 1.54) is 117 Å². The second kappa shape index (κ2) is 43.4. The number of ether oxygens (including phenoxy) is 9. The molecule has 18 nitrogen and oxygen atoms in total. The van der Waals surface area contributed by atoms with Gasteiger partial charge in [0.15, 0.2) is 36.8 Å². The van der Waals surface area contributed by atoms with E-state index < -0.39 is 116 Å². The quantitative estimate of drug-likeness (QED) is 0.0259. The van der Waals surface area contributed by atoms with E-state index in [2.05, 4.69) is 31.3 Å². The predicted molar refractivity (Wildman–Crippen MR) is 286 cm³/mol. The fourth-order valence-corrected chi connectivity index (χ4v) is 9.34. The first kappa shape index (κ1) is 69.4. The highest BCUT2D eigenvalue weighted by Gasteiger charge is 2.53.